The summed E-state index contributed by atoms with van der Waals surface area (Å²) in [4.78, 5) is 20.1. The van der Waals surface area contributed by atoms with Crippen molar-refractivity contribution in [2.75, 3.05) is 0 Å². The minimum absolute atomic E-state index is 0.0494. The van der Waals surface area contributed by atoms with Gasteiger partial charge in [-0.3, -0.25) is 15.1 Å². The molecule has 0 bridgehead atoms. The van der Waals surface area contributed by atoms with Gasteiger partial charge in [-0.2, -0.15) is 0 Å². The van der Waals surface area contributed by atoms with Crippen molar-refractivity contribution in [2.24, 2.45) is 0 Å². The van der Waals surface area contributed by atoms with Gasteiger partial charge in [-0.15, -0.1) is 0 Å². The third-order valence-corrected chi connectivity index (χ3v) is 4.99. The second-order valence-corrected chi connectivity index (χ2v) is 6.76. The number of hydrogen-bond acceptors (Lipinski definition) is 4. The van der Waals surface area contributed by atoms with Crippen LogP contribution in [0.2, 0.25) is 0 Å². The maximum Gasteiger partial charge on any atom is 0.270 e. The molecular formula is C24H15N3O2. The van der Waals surface area contributed by atoms with Crippen LogP contribution in [0.1, 0.15) is 0 Å². The Morgan fingerprint density at radius 1 is 0.759 bits per heavy atom. The quantitative estimate of drug-likeness (QED) is 0.219. The van der Waals surface area contributed by atoms with Gasteiger partial charge in [0.15, 0.2) is 0 Å². The number of nitro groups is 1. The summed E-state index contributed by atoms with van der Waals surface area (Å²) < 4.78 is 0. The van der Waals surface area contributed by atoms with E-state index in [1.54, 1.807) is 18.3 Å². The Morgan fingerprint density at radius 2 is 1.55 bits per heavy atom. The Hall–Kier alpha value is -4.12. The third-order valence-electron chi connectivity index (χ3n) is 4.99. The number of non-ortho nitro benzene ring substituents is 1. The van der Waals surface area contributed by atoms with Crippen LogP contribution in [0.5, 0.6) is 0 Å². The van der Waals surface area contributed by atoms with Crippen molar-refractivity contribution in [3.8, 4) is 22.4 Å². The number of nitrogens with zero attached hydrogens (tertiary/aromatic N) is 3. The van der Waals surface area contributed by atoms with Crippen LogP contribution in [0.25, 0.3) is 44.2 Å². The highest BCUT2D eigenvalue weighted by molar-refractivity contribution is 6.12. The molecule has 0 aliphatic heterocycles. The molecule has 0 atom stereocenters. The minimum Gasteiger partial charge on any atom is -0.258 e. The van der Waals surface area contributed by atoms with Crippen molar-refractivity contribution < 1.29 is 4.92 Å². The molecule has 138 valence electrons. The Kier molecular flexibility index (Phi) is 3.99. The van der Waals surface area contributed by atoms with Crippen LogP contribution in [0, 0.1) is 10.1 Å². The van der Waals surface area contributed by atoms with E-state index in [1.165, 1.54) is 6.07 Å². The second-order valence-electron chi connectivity index (χ2n) is 6.76. The zero-order valence-electron chi connectivity index (χ0n) is 15.3. The topological polar surface area (TPSA) is 68.9 Å². The van der Waals surface area contributed by atoms with E-state index in [1.807, 2.05) is 54.6 Å². The summed E-state index contributed by atoms with van der Waals surface area (Å²) in [5.74, 6) is 0. The molecule has 0 radical (unpaired) electrons. The lowest BCUT2D eigenvalue weighted by atomic mass is 9.95. The molecular weight excluding hydrogens is 362 g/mol. The summed E-state index contributed by atoms with van der Waals surface area (Å²) in [7, 11) is 0. The predicted molar refractivity (Wildman–Crippen MR) is 115 cm³/mol. The number of benzene rings is 3. The molecule has 0 aliphatic rings. The van der Waals surface area contributed by atoms with E-state index in [2.05, 4.69) is 17.1 Å². The highest BCUT2D eigenvalue weighted by Gasteiger charge is 2.14. The molecule has 0 fully saturated rings. The molecule has 3 aromatic carbocycles. The van der Waals surface area contributed by atoms with Crippen molar-refractivity contribution in [1.82, 2.24) is 9.97 Å². The van der Waals surface area contributed by atoms with E-state index >= 15 is 0 Å². The molecule has 0 saturated carbocycles. The van der Waals surface area contributed by atoms with Crippen molar-refractivity contribution >= 4 is 27.5 Å². The lowest BCUT2D eigenvalue weighted by molar-refractivity contribution is -0.384. The Morgan fingerprint density at radius 3 is 2.38 bits per heavy atom. The lowest BCUT2D eigenvalue weighted by Gasteiger charge is -2.12. The summed E-state index contributed by atoms with van der Waals surface area (Å²) in [6.07, 6.45) is 1.78. The maximum atomic E-state index is 11.2. The zero-order chi connectivity index (χ0) is 19.8. The van der Waals surface area contributed by atoms with Crippen LogP contribution in [0.3, 0.4) is 0 Å². The molecule has 29 heavy (non-hydrogen) atoms. The number of pyridine rings is 2. The van der Waals surface area contributed by atoms with E-state index in [-0.39, 0.29) is 10.6 Å². The first-order chi connectivity index (χ1) is 14.2. The van der Waals surface area contributed by atoms with E-state index in [4.69, 9.17) is 4.98 Å². The van der Waals surface area contributed by atoms with Crippen molar-refractivity contribution in [3.63, 3.8) is 0 Å². The molecule has 0 unspecified atom stereocenters. The van der Waals surface area contributed by atoms with Crippen LogP contribution < -0.4 is 0 Å². The molecule has 0 aliphatic carbocycles. The highest BCUT2D eigenvalue weighted by Crippen LogP contribution is 2.36. The van der Waals surface area contributed by atoms with Gasteiger partial charge in [-0.1, -0.05) is 48.5 Å². The molecule has 2 aromatic heterocycles. The van der Waals surface area contributed by atoms with Crippen LogP contribution in [0.15, 0.2) is 91.1 Å². The molecule has 2 heterocycles. The van der Waals surface area contributed by atoms with Gasteiger partial charge in [-0.05, 0) is 35.4 Å². The molecule has 5 aromatic rings. The maximum absolute atomic E-state index is 11.2. The average Bonchev–Trinajstić information content (AvgIpc) is 2.78. The Labute approximate surface area is 166 Å². The van der Waals surface area contributed by atoms with E-state index in [0.29, 0.717) is 11.3 Å². The molecule has 5 heteroatoms. The number of rotatable bonds is 3. The summed E-state index contributed by atoms with van der Waals surface area (Å²) in [5.41, 5.74) is 5.27. The van der Waals surface area contributed by atoms with E-state index in [9.17, 15) is 10.1 Å². The normalized spacial score (nSPS) is 11.0. The van der Waals surface area contributed by atoms with Crippen LogP contribution in [-0.4, -0.2) is 14.9 Å². The lowest BCUT2D eigenvalue weighted by Crippen LogP contribution is -1.93. The molecule has 0 amide bonds. The Bertz CT molecular complexity index is 1380. The summed E-state index contributed by atoms with van der Waals surface area (Å²) in [6, 6.07) is 26.6. The number of fused-ring (bicyclic) bond motifs is 3. The van der Waals surface area contributed by atoms with Crippen LogP contribution in [-0.2, 0) is 0 Å². The van der Waals surface area contributed by atoms with Crippen LogP contribution in [0.4, 0.5) is 5.69 Å². The van der Waals surface area contributed by atoms with Gasteiger partial charge in [0.25, 0.3) is 5.69 Å². The SMILES string of the molecule is O=[N+]([O-])c1cccc(-c2cc(-c3ccccc3)c3c(ccc4ncccc43)n2)c1. The first-order valence-corrected chi connectivity index (χ1v) is 9.19. The number of nitro benzene ring substituents is 1. The van der Waals surface area contributed by atoms with Gasteiger partial charge in [-0.25, -0.2) is 4.98 Å². The number of hydrogen-bond donors (Lipinski definition) is 0. The van der Waals surface area contributed by atoms with Gasteiger partial charge in [0.2, 0.25) is 0 Å². The van der Waals surface area contributed by atoms with Gasteiger partial charge >= 0.3 is 0 Å². The molecule has 5 rings (SSSR count). The van der Waals surface area contributed by atoms with Crippen LogP contribution >= 0.6 is 0 Å². The highest BCUT2D eigenvalue weighted by atomic mass is 16.6. The molecule has 0 spiro atoms. The monoisotopic (exact) mass is 377 g/mol. The smallest absolute Gasteiger partial charge is 0.258 e. The molecule has 0 N–H and O–H groups in total. The van der Waals surface area contributed by atoms with Gasteiger partial charge < -0.3 is 0 Å². The number of aromatic nitrogens is 2. The largest absolute Gasteiger partial charge is 0.270 e. The summed E-state index contributed by atoms with van der Waals surface area (Å²) >= 11 is 0. The fourth-order valence-corrected chi connectivity index (χ4v) is 3.66. The Balaban J connectivity index is 1.86. The first-order valence-electron chi connectivity index (χ1n) is 9.19. The molecule has 0 saturated heterocycles. The standard InChI is InChI=1S/C24H15N3O2/c28-27(29)18-9-4-8-17(14-18)23-15-20(16-6-2-1-3-7-16)24-19-10-5-13-25-21(19)11-12-22(24)26-23/h1-15H. The van der Waals surface area contributed by atoms with Crippen molar-refractivity contribution in [3.05, 3.63) is 101 Å². The average molecular weight is 377 g/mol. The summed E-state index contributed by atoms with van der Waals surface area (Å²) in [5, 5.41) is 13.3. The fraction of sp³-hybridized carbons (Fsp3) is 0. The summed E-state index contributed by atoms with van der Waals surface area (Å²) in [6.45, 7) is 0. The van der Waals surface area contributed by atoms with Gasteiger partial charge in [0.05, 0.1) is 21.7 Å². The second kappa shape index (κ2) is 6.80. The van der Waals surface area contributed by atoms with Crippen molar-refractivity contribution in [2.45, 2.75) is 0 Å². The van der Waals surface area contributed by atoms with Crippen molar-refractivity contribution in [1.29, 1.82) is 0 Å². The third kappa shape index (κ3) is 2.99. The first kappa shape index (κ1) is 17.0. The molecule has 5 nitrogen and oxygen atoms in total. The van der Waals surface area contributed by atoms with E-state index in [0.717, 1.165) is 32.9 Å². The minimum atomic E-state index is -0.387. The van der Waals surface area contributed by atoms with E-state index < -0.39 is 0 Å². The zero-order valence-corrected chi connectivity index (χ0v) is 15.3. The van der Waals surface area contributed by atoms with Gasteiger partial charge in [0.1, 0.15) is 0 Å². The fourth-order valence-electron chi connectivity index (χ4n) is 3.66. The van der Waals surface area contributed by atoms with Gasteiger partial charge in [0, 0.05) is 34.7 Å². The predicted octanol–water partition coefficient (Wildman–Crippen LogP) is 6.03.